The summed E-state index contributed by atoms with van der Waals surface area (Å²) in [5.74, 6) is 0.536. The van der Waals surface area contributed by atoms with E-state index in [-0.39, 0.29) is 24.2 Å². The molecule has 0 bridgehead atoms. The first kappa shape index (κ1) is 21.0. The second-order valence-electron chi connectivity index (χ2n) is 5.85. The zero-order chi connectivity index (χ0) is 16.8. The van der Waals surface area contributed by atoms with E-state index >= 15 is 0 Å². The van der Waals surface area contributed by atoms with Gasteiger partial charge in [0.2, 0.25) is 5.91 Å². The van der Waals surface area contributed by atoms with Gasteiger partial charge in [-0.25, -0.2) is 0 Å². The number of Topliss-reactive ketones (excluding diaryl/α,β-unsaturated/α-hetero) is 1. The second kappa shape index (κ2) is 13.7. The van der Waals surface area contributed by atoms with E-state index in [1.807, 2.05) is 27.7 Å². The molecule has 0 aromatic carbocycles. The van der Waals surface area contributed by atoms with Crippen molar-refractivity contribution < 1.29 is 23.8 Å². The molecule has 0 aliphatic carbocycles. The molecule has 0 saturated heterocycles. The van der Waals surface area contributed by atoms with Gasteiger partial charge in [0.25, 0.3) is 0 Å². The topological polar surface area (TPSA) is 73.9 Å². The van der Waals surface area contributed by atoms with E-state index in [4.69, 9.17) is 14.2 Å². The molecule has 0 rings (SSSR count). The highest BCUT2D eigenvalue weighted by atomic mass is 16.5. The highest BCUT2D eigenvalue weighted by Crippen LogP contribution is 1.97. The number of carbonyl (C=O) groups excluding carboxylic acids is 2. The standard InChI is InChI=1S/C16H31NO5/c1-13(2)11-16(19)17-5-6-20-7-8-21-9-10-22-12-15(18)14(3)4/h13-14H,5-12H2,1-4H3,(H,17,19). The number of hydrogen-bond acceptors (Lipinski definition) is 5. The fraction of sp³-hybridized carbons (Fsp3) is 0.875. The summed E-state index contributed by atoms with van der Waals surface area (Å²) in [4.78, 5) is 22.6. The van der Waals surface area contributed by atoms with Crippen LogP contribution in [0.3, 0.4) is 0 Å². The second-order valence-corrected chi connectivity index (χ2v) is 5.85. The number of amides is 1. The molecule has 0 aromatic heterocycles. The Bertz CT molecular complexity index is 305. The molecule has 0 fully saturated rings. The number of rotatable bonds is 14. The van der Waals surface area contributed by atoms with Crippen LogP contribution in [0.4, 0.5) is 0 Å². The van der Waals surface area contributed by atoms with Gasteiger partial charge in [-0.05, 0) is 5.92 Å². The van der Waals surface area contributed by atoms with E-state index in [1.54, 1.807) is 0 Å². The van der Waals surface area contributed by atoms with E-state index in [0.29, 0.717) is 51.9 Å². The number of carbonyl (C=O) groups is 2. The van der Waals surface area contributed by atoms with Gasteiger partial charge in [-0.3, -0.25) is 9.59 Å². The minimum atomic E-state index is 0.00958. The van der Waals surface area contributed by atoms with Crippen molar-refractivity contribution in [1.82, 2.24) is 5.32 Å². The van der Waals surface area contributed by atoms with Crippen molar-refractivity contribution >= 4 is 11.7 Å². The summed E-state index contributed by atoms with van der Waals surface area (Å²) >= 11 is 0. The fourth-order valence-corrected chi connectivity index (χ4v) is 1.48. The Labute approximate surface area is 133 Å². The Morgan fingerprint density at radius 3 is 1.95 bits per heavy atom. The number of ketones is 1. The van der Waals surface area contributed by atoms with Gasteiger partial charge in [0, 0.05) is 18.9 Å². The number of nitrogens with one attached hydrogen (secondary N) is 1. The number of hydrogen-bond donors (Lipinski definition) is 1. The zero-order valence-electron chi connectivity index (χ0n) is 14.4. The first-order chi connectivity index (χ1) is 10.4. The molecule has 22 heavy (non-hydrogen) atoms. The Kier molecular flexibility index (Phi) is 13.1. The average molecular weight is 317 g/mol. The van der Waals surface area contributed by atoms with Gasteiger partial charge in [-0.1, -0.05) is 27.7 Å². The Balaban J connectivity index is 3.21. The molecule has 1 N–H and O–H groups in total. The van der Waals surface area contributed by atoms with E-state index in [0.717, 1.165) is 0 Å². The monoisotopic (exact) mass is 317 g/mol. The lowest BCUT2D eigenvalue weighted by molar-refractivity contribution is -0.127. The summed E-state index contributed by atoms with van der Waals surface area (Å²) in [5.41, 5.74) is 0. The summed E-state index contributed by atoms with van der Waals surface area (Å²) in [6, 6.07) is 0. The van der Waals surface area contributed by atoms with Gasteiger partial charge < -0.3 is 19.5 Å². The van der Waals surface area contributed by atoms with E-state index < -0.39 is 0 Å². The lowest BCUT2D eigenvalue weighted by Crippen LogP contribution is -2.28. The van der Waals surface area contributed by atoms with Crippen molar-refractivity contribution in [3.63, 3.8) is 0 Å². The molecule has 1 amide bonds. The third-order valence-electron chi connectivity index (χ3n) is 2.79. The van der Waals surface area contributed by atoms with Gasteiger partial charge in [-0.2, -0.15) is 0 Å². The molecular weight excluding hydrogens is 286 g/mol. The third kappa shape index (κ3) is 14.0. The maximum absolute atomic E-state index is 11.3. The van der Waals surface area contributed by atoms with Gasteiger partial charge in [-0.15, -0.1) is 0 Å². The SMILES string of the molecule is CC(C)CC(=O)NCCOCCOCCOCC(=O)C(C)C. The Morgan fingerprint density at radius 2 is 1.41 bits per heavy atom. The zero-order valence-corrected chi connectivity index (χ0v) is 14.4. The first-order valence-electron chi connectivity index (χ1n) is 7.96. The highest BCUT2D eigenvalue weighted by molar-refractivity contribution is 5.81. The lowest BCUT2D eigenvalue weighted by Gasteiger charge is -2.09. The molecule has 0 aliphatic heterocycles. The number of ether oxygens (including phenoxy) is 3. The predicted octanol–water partition coefficient (Wildman–Crippen LogP) is 1.42. The van der Waals surface area contributed by atoms with Crippen LogP contribution in [0, 0.1) is 11.8 Å². The Morgan fingerprint density at radius 1 is 0.864 bits per heavy atom. The van der Waals surface area contributed by atoms with Crippen molar-refractivity contribution in [2.45, 2.75) is 34.1 Å². The molecule has 0 radical (unpaired) electrons. The van der Waals surface area contributed by atoms with Gasteiger partial charge >= 0.3 is 0 Å². The lowest BCUT2D eigenvalue weighted by atomic mass is 10.1. The molecule has 0 saturated carbocycles. The largest absolute Gasteiger partial charge is 0.377 e. The molecule has 0 atom stereocenters. The minimum Gasteiger partial charge on any atom is -0.377 e. The predicted molar refractivity (Wildman–Crippen MR) is 84.8 cm³/mol. The molecule has 6 nitrogen and oxygen atoms in total. The summed E-state index contributed by atoms with van der Waals surface area (Å²) in [7, 11) is 0. The van der Waals surface area contributed by atoms with Crippen LogP contribution in [-0.4, -0.2) is 57.9 Å². The first-order valence-corrected chi connectivity index (χ1v) is 7.96. The molecule has 0 aliphatic rings. The van der Waals surface area contributed by atoms with Gasteiger partial charge in [0.1, 0.15) is 6.61 Å². The van der Waals surface area contributed by atoms with Crippen LogP contribution in [0.5, 0.6) is 0 Å². The molecule has 0 heterocycles. The van der Waals surface area contributed by atoms with E-state index in [9.17, 15) is 9.59 Å². The smallest absolute Gasteiger partial charge is 0.220 e. The minimum absolute atomic E-state index is 0.00958. The van der Waals surface area contributed by atoms with Crippen molar-refractivity contribution in [2.75, 3.05) is 46.2 Å². The summed E-state index contributed by atoms with van der Waals surface area (Å²) in [6.45, 7) is 10.7. The normalized spacial score (nSPS) is 11.2. The van der Waals surface area contributed by atoms with Gasteiger partial charge in [0.05, 0.1) is 33.0 Å². The van der Waals surface area contributed by atoms with Crippen LogP contribution < -0.4 is 5.32 Å². The summed E-state index contributed by atoms with van der Waals surface area (Å²) in [5, 5.41) is 2.80. The molecule has 6 heteroatoms. The van der Waals surface area contributed by atoms with Crippen LogP contribution in [0.1, 0.15) is 34.1 Å². The van der Waals surface area contributed by atoms with Crippen molar-refractivity contribution in [2.24, 2.45) is 11.8 Å². The van der Waals surface area contributed by atoms with Crippen LogP contribution in [-0.2, 0) is 23.8 Å². The Hall–Kier alpha value is -0.980. The highest BCUT2D eigenvalue weighted by Gasteiger charge is 2.06. The summed E-state index contributed by atoms with van der Waals surface area (Å²) in [6.07, 6.45) is 0.544. The van der Waals surface area contributed by atoms with Gasteiger partial charge in [0.15, 0.2) is 5.78 Å². The van der Waals surface area contributed by atoms with Crippen LogP contribution >= 0.6 is 0 Å². The van der Waals surface area contributed by atoms with Crippen LogP contribution in [0.2, 0.25) is 0 Å². The molecule has 0 aromatic rings. The molecule has 0 unspecified atom stereocenters. The van der Waals surface area contributed by atoms with Crippen molar-refractivity contribution in [1.29, 1.82) is 0 Å². The third-order valence-corrected chi connectivity index (χ3v) is 2.79. The van der Waals surface area contributed by atoms with E-state index in [1.165, 1.54) is 0 Å². The quantitative estimate of drug-likeness (QED) is 0.491. The maximum Gasteiger partial charge on any atom is 0.220 e. The maximum atomic E-state index is 11.3. The van der Waals surface area contributed by atoms with E-state index in [2.05, 4.69) is 5.32 Å². The van der Waals surface area contributed by atoms with Crippen LogP contribution in [0.25, 0.3) is 0 Å². The van der Waals surface area contributed by atoms with Crippen LogP contribution in [0.15, 0.2) is 0 Å². The average Bonchev–Trinajstić information content (AvgIpc) is 2.43. The molecule has 0 spiro atoms. The summed E-state index contributed by atoms with van der Waals surface area (Å²) < 4.78 is 15.8. The van der Waals surface area contributed by atoms with Crippen molar-refractivity contribution in [3.8, 4) is 0 Å². The molecule has 130 valence electrons. The fourth-order valence-electron chi connectivity index (χ4n) is 1.48. The van der Waals surface area contributed by atoms with Crippen molar-refractivity contribution in [3.05, 3.63) is 0 Å². The molecular formula is C16H31NO5.